The quantitative estimate of drug-likeness (QED) is 0.800. The molecule has 2 nitrogen and oxygen atoms in total. The molecule has 1 rings (SSSR count). The molecule has 0 saturated heterocycles. The second kappa shape index (κ2) is 6.02. The minimum absolute atomic E-state index is 0.352. The van der Waals surface area contributed by atoms with E-state index in [1.54, 1.807) is 0 Å². The van der Waals surface area contributed by atoms with Crippen molar-refractivity contribution in [3.05, 3.63) is 35.4 Å². The van der Waals surface area contributed by atoms with Crippen molar-refractivity contribution >= 4 is 0 Å². The highest BCUT2D eigenvalue weighted by Gasteiger charge is 2.23. The third-order valence-electron chi connectivity index (χ3n) is 3.27. The van der Waals surface area contributed by atoms with Crippen LogP contribution in [0.2, 0.25) is 0 Å². The molecule has 2 heteroatoms. The number of benzene rings is 1. The standard InChI is InChI=1S/C14H24N2/c1-10(2)13(9-15)14(16-4)12-7-5-6-11(3)8-12/h5-8,10,13-14,16H,9,15H2,1-4H3. The molecule has 2 atom stereocenters. The number of hydrogen-bond acceptors (Lipinski definition) is 2. The molecule has 0 aliphatic rings. The Bertz CT molecular complexity index is 320. The molecular formula is C14H24N2. The zero-order valence-corrected chi connectivity index (χ0v) is 10.8. The first kappa shape index (κ1) is 13.2. The Morgan fingerprint density at radius 1 is 1.31 bits per heavy atom. The van der Waals surface area contributed by atoms with Gasteiger partial charge < -0.3 is 11.1 Å². The first-order valence-corrected chi connectivity index (χ1v) is 6.04. The normalized spacial score (nSPS) is 15.1. The molecule has 0 fully saturated rings. The monoisotopic (exact) mass is 220 g/mol. The maximum absolute atomic E-state index is 5.89. The highest BCUT2D eigenvalue weighted by atomic mass is 14.9. The van der Waals surface area contributed by atoms with Crippen LogP contribution in [-0.2, 0) is 0 Å². The number of aryl methyl sites for hydroxylation is 1. The van der Waals surface area contributed by atoms with Crippen LogP contribution in [0.4, 0.5) is 0 Å². The zero-order chi connectivity index (χ0) is 12.1. The van der Waals surface area contributed by atoms with Crippen molar-refractivity contribution < 1.29 is 0 Å². The largest absolute Gasteiger partial charge is 0.330 e. The van der Waals surface area contributed by atoms with Crippen LogP contribution in [0.1, 0.15) is 31.0 Å². The van der Waals surface area contributed by atoms with Crippen molar-refractivity contribution in [1.29, 1.82) is 0 Å². The molecule has 1 aromatic carbocycles. The summed E-state index contributed by atoms with van der Waals surface area (Å²) in [5.41, 5.74) is 8.53. The molecule has 1 aromatic rings. The third kappa shape index (κ3) is 3.06. The van der Waals surface area contributed by atoms with Gasteiger partial charge in [-0.15, -0.1) is 0 Å². The number of nitrogens with one attached hydrogen (secondary N) is 1. The summed E-state index contributed by atoms with van der Waals surface area (Å²) in [7, 11) is 2.01. The molecule has 0 aromatic heterocycles. The first-order valence-electron chi connectivity index (χ1n) is 6.04. The molecule has 0 heterocycles. The minimum Gasteiger partial charge on any atom is -0.330 e. The molecule has 0 amide bonds. The van der Waals surface area contributed by atoms with E-state index in [0.717, 1.165) is 6.54 Å². The summed E-state index contributed by atoms with van der Waals surface area (Å²) in [5.74, 6) is 1.06. The van der Waals surface area contributed by atoms with Crippen LogP contribution in [0.3, 0.4) is 0 Å². The van der Waals surface area contributed by atoms with Gasteiger partial charge in [0.2, 0.25) is 0 Å². The van der Waals surface area contributed by atoms with E-state index < -0.39 is 0 Å². The van der Waals surface area contributed by atoms with Crippen molar-refractivity contribution in [3.63, 3.8) is 0 Å². The van der Waals surface area contributed by atoms with Crippen molar-refractivity contribution in [2.24, 2.45) is 17.6 Å². The molecule has 90 valence electrons. The van der Waals surface area contributed by atoms with E-state index >= 15 is 0 Å². The van der Waals surface area contributed by atoms with Crippen LogP contribution in [0.5, 0.6) is 0 Å². The summed E-state index contributed by atoms with van der Waals surface area (Å²) >= 11 is 0. The van der Waals surface area contributed by atoms with Gasteiger partial charge in [0.1, 0.15) is 0 Å². The maximum atomic E-state index is 5.89. The molecule has 3 N–H and O–H groups in total. The van der Waals surface area contributed by atoms with E-state index in [0.29, 0.717) is 17.9 Å². The van der Waals surface area contributed by atoms with E-state index in [1.165, 1.54) is 11.1 Å². The van der Waals surface area contributed by atoms with Gasteiger partial charge in [-0.2, -0.15) is 0 Å². The molecule has 2 unspecified atom stereocenters. The second-order valence-electron chi connectivity index (χ2n) is 4.82. The van der Waals surface area contributed by atoms with Crippen molar-refractivity contribution in [2.45, 2.75) is 26.8 Å². The Kier molecular flexibility index (Phi) is 4.97. The summed E-state index contributed by atoms with van der Waals surface area (Å²) in [5, 5.41) is 3.40. The van der Waals surface area contributed by atoms with Gasteiger partial charge in [0.25, 0.3) is 0 Å². The molecule has 0 spiro atoms. The lowest BCUT2D eigenvalue weighted by Gasteiger charge is -2.29. The van der Waals surface area contributed by atoms with Crippen molar-refractivity contribution in [3.8, 4) is 0 Å². The van der Waals surface area contributed by atoms with Gasteiger partial charge in [0.15, 0.2) is 0 Å². The third-order valence-corrected chi connectivity index (χ3v) is 3.27. The van der Waals surface area contributed by atoms with E-state index in [2.05, 4.69) is 50.4 Å². The van der Waals surface area contributed by atoms with Crippen LogP contribution in [0.15, 0.2) is 24.3 Å². The lowest BCUT2D eigenvalue weighted by atomic mass is 9.84. The highest BCUT2D eigenvalue weighted by molar-refractivity contribution is 5.25. The van der Waals surface area contributed by atoms with Gasteiger partial charge >= 0.3 is 0 Å². The predicted molar refractivity (Wildman–Crippen MR) is 70.4 cm³/mol. The van der Waals surface area contributed by atoms with Crippen LogP contribution < -0.4 is 11.1 Å². The van der Waals surface area contributed by atoms with Crippen LogP contribution in [0, 0.1) is 18.8 Å². The van der Waals surface area contributed by atoms with Gasteiger partial charge in [-0.1, -0.05) is 43.7 Å². The zero-order valence-electron chi connectivity index (χ0n) is 10.8. The summed E-state index contributed by atoms with van der Waals surface area (Å²) < 4.78 is 0. The Labute approximate surface area is 99.2 Å². The lowest BCUT2D eigenvalue weighted by Crippen LogP contribution is -2.33. The topological polar surface area (TPSA) is 38.0 Å². The van der Waals surface area contributed by atoms with Gasteiger partial charge in [0.05, 0.1) is 0 Å². The fourth-order valence-corrected chi connectivity index (χ4v) is 2.28. The Morgan fingerprint density at radius 3 is 2.44 bits per heavy atom. The first-order chi connectivity index (χ1) is 7.60. The SMILES string of the molecule is CNC(c1cccc(C)c1)C(CN)C(C)C. The lowest BCUT2D eigenvalue weighted by molar-refractivity contribution is 0.299. The van der Waals surface area contributed by atoms with Crippen LogP contribution in [-0.4, -0.2) is 13.6 Å². The van der Waals surface area contributed by atoms with Crippen molar-refractivity contribution in [2.75, 3.05) is 13.6 Å². The van der Waals surface area contributed by atoms with Gasteiger partial charge in [-0.05, 0) is 37.9 Å². The molecule has 0 saturated carbocycles. The summed E-state index contributed by atoms with van der Waals surface area (Å²) in [4.78, 5) is 0. The highest BCUT2D eigenvalue weighted by Crippen LogP contribution is 2.27. The van der Waals surface area contributed by atoms with Crippen LogP contribution >= 0.6 is 0 Å². The predicted octanol–water partition coefficient (Wildman–Crippen LogP) is 2.49. The molecular weight excluding hydrogens is 196 g/mol. The van der Waals surface area contributed by atoms with Gasteiger partial charge in [-0.3, -0.25) is 0 Å². The van der Waals surface area contributed by atoms with Gasteiger partial charge in [0, 0.05) is 6.04 Å². The van der Waals surface area contributed by atoms with Crippen molar-refractivity contribution in [1.82, 2.24) is 5.32 Å². The fourth-order valence-electron chi connectivity index (χ4n) is 2.28. The summed E-state index contributed by atoms with van der Waals surface area (Å²) in [6.07, 6.45) is 0. The summed E-state index contributed by atoms with van der Waals surface area (Å²) in [6.45, 7) is 7.31. The number of hydrogen-bond donors (Lipinski definition) is 2. The Hall–Kier alpha value is -0.860. The molecule has 0 bridgehead atoms. The number of nitrogens with two attached hydrogens (primary N) is 1. The van der Waals surface area contributed by atoms with Crippen LogP contribution in [0.25, 0.3) is 0 Å². The minimum atomic E-state index is 0.352. The molecule has 0 aliphatic carbocycles. The maximum Gasteiger partial charge on any atom is 0.0360 e. The van der Waals surface area contributed by atoms with E-state index in [9.17, 15) is 0 Å². The fraction of sp³-hybridized carbons (Fsp3) is 0.571. The summed E-state index contributed by atoms with van der Waals surface area (Å²) in [6, 6.07) is 9.02. The second-order valence-corrected chi connectivity index (χ2v) is 4.82. The van der Waals surface area contributed by atoms with E-state index in [-0.39, 0.29) is 0 Å². The molecule has 0 aliphatic heterocycles. The Morgan fingerprint density at radius 2 is 2.00 bits per heavy atom. The number of rotatable bonds is 5. The smallest absolute Gasteiger partial charge is 0.0360 e. The average molecular weight is 220 g/mol. The average Bonchev–Trinajstić information content (AvgIpc) is 2.25. The molecule has 16 heavy (non-hydrogen) atoms. The molecule has 0 radical (unpaired) electrons. The van der Waals surface area contributed by atoms with Gasteiger partial charge in [-0.25, -0.2) is 0 Å². The Balaban J connectivity index is 2.96. The van der Waals surface area contributed by atoms with E-state index in [1.807, 2.05) is 7.05 Å². The van der Waals surface area contributed by atoms with E-state index in [4.69, 9.17) is 5.73 Å².